The van der Waals surface area contributed by atoms with Gasteiger partial charge in [-0.2, -0.15) is 0 Å². The largest absolute Gasteiger partial charge is 0.330 e. The summed E-state index contributed by atoms with van der Waals surface area (Å²) in [5.74, 6) is 0.735. The zero-order valence-electron chi connectivity index (χ0n) is 13.7. The van der Waals surface area contributed by atoms with Crippen LogP contribution in [-0.2, 0) is 0 Å². The first-order chi connectivity index (χ1) is 9.88. The normalized spacial score (nSPS) is 21.7. The summed E-state index contributed by atoms with van der Waals surface area (Å²) in [5.41, 5.74) is 0.0135. The molecular weight excluding hydrogens is 280 g/mol. The third kappa shape index (κ3) is 4.47. The Labute approximate surface area is 132 Å². The maximum atomic E-state index is 12.6. The molecule has 2 rings (SSSR count). The van der Waals surface area contributed by atoms with Crippen molar-refractivity contribution in [1.29, 1.82) is 0 Å². The SMILES string of the molecule is C[C@H]1CCCN(C(=O)N[C@H](c2cccs2)C(C)(C)C)CC1. The van der Waals surface area contributed by atoms with Crippen LogP contribution < -0.4 is 5.32 Å². The topological polar surface area (TPSA) is 32.3 Å². The van der Waals surface area contributed by atoms with Gasteiger partial charge in [0, 0.05) is 18.0 Å². The predicted octanol–water partition coefficient (Wildman–Crippen LogP) is 4.67. The number of nitrogens with zero attached hydrogens (tertiary/aromatic N) is 1. The summed E-state index contributed by atoms with van der Waals surface area (Å²) in [6, 6.07) is 4.34. The van der Waals surface area contributed by atoms with Crippen LogP contribution in [-0.4, -0.2) is 24.0 Å². The van der Waals surface area contributed by atoms with Gasteiger partial charge in [0.25, 0.3) is 0 Å². The first-order valence-corrected chi connectivity index (χ1v) is 8.84. The Morgan fingerprint density at radius 1 is 1.38 bits per heavy atom. The third-order valence-electron chi connectivity index (χ3n) is 4.27. The van der Waals surface area contributed by atoms with Crippen LogP contribution in [0.15, 0.2) is 17.5 Å². The van der Waals surface area contributed by atoms with Crippen LogP contribution in [0.2, 0.25) is 0 Å². The van der Waals surface area contributed by atoms with Gasteiger partial charge in [-0.05, 0) is 42.0 Å². The number of urea groups is 1. The molecular formula is C17H28N2OS. The van der Waals surface area contributed by atoms with Gasteiger partial charge in [0.05, 0.1) is 6.04 Å². The summed E-state index contributed by atoms with van der Waals surface area (Å²) >= 11 is 1.72. The predicted molar refractivity (Wildman–Crippen MR) is 89.6 cm³/mol. The summed E-state index contributed by atoms with van der Waals surface area (Å²) in [6.45, 7) is 10.6. The number of carbonyl (C=O) groups excluding carboxylic acids is 1. The quantitative estimate of drug-likeness (QED) is 0.846. The number of thiophene rings is 1. The van der Waals surface area contributed by atoms with E-state index in [0.717, 1.165) is 31.8 Å². The molecule has 1 aliphatic heterocycles. The molecule has 0 spiro atoms. The lowest BCUT2D eigenvalue weighted by Crippen LogP contribution is -2.45. The lowest BCUT2D eigenvalue weighted by Gasteiger charge is -2.33. The van der Waals surface area contributed by atoms with Crippen molar-refractivity contribution >= 4 is 17.4 Å². The van der Waals surface area contributed by atoms with Crippen molar-refractivity contribution in [1.82, 2.24) is 10.2 Å². The molecule has 21 heavy (non-hydrogen) atoms. The summed E-state index contributed by atoms with van der Waals surface area (Å²) in [5, 5.41) is 5.35. The molecule has 1 aromatic heterocycles. The molecule has 1 aromatic rings. The van der Waals surface area contributed by atoms with Crippen molar-refractivity contribution in [3.63, 3.8) is 0 Å². The highest BCUT2D eigenvalue weighted by Gasteiger charge is 2.30. The summed E-state index contributed by atoms with van der Waals surface area (Å²) in [6.07, 6.45) is 3.47. The first kappa shape index (κ1) is 16.3. The lowest BCUT2D eigenvalue weighted by molar-refractivity contribution is 0.181. The average molecular weight is 308 g/mol. The Morgan fingerprint density at radius 2 is 2.14 bits per heavy atom. The molecule has 4 heteroatoms. The van der Waals surface area contributed by atoms with E-state index in [4.69, 9.17) is 0 Å². The van der Waals surface area contributed by atoms with Gasteiger partial charge in [0.15, 0.2) is 0 Å². The van der Waals surface area contributed by atoms with Gasteiger partial charge in [-0.15, -0.1) is 11.3 Å². The van der Waals surface area contributed by atoms with Crippen LogP contribution >= 0.6 is 11.3 Å². The molecule has 2 heterocycles. The van der Waals surface area contributed by atoms with E-state index in [9.17, 15) is 4.79 Å². The molecule has 0 aromatic carbocycles. The highest BCUT2D eigenvalue weighted by Crippen LogP contribution is 2.35. The van der Waals surface area contributed by atoms with Crippen molar-refractivity contribution in [2.45, 2.75) is 53.0 Å². The molecule has 1 N–H and O–H groups in total. The number of likely N-dealkylation sites (tertiary alicyclic amines) is 1. The Morgan fingerprint density at radius 3 is 2.76 bits per heavy atom. The minimum Gasteiger partial charge on any atom is -0.330 e. The Hall–Kier alpha value is -1.03. The van der Waals surface area contributed by atoms with Crippen LogP contribution in [0.5, 0.6) is 0 Å². The van der Waals surface area contributed by atoms with E-state index >= 15 is 0 Å². The molecule has 0 saturated carbocycles. The highest BCUT2D eigenvalue weighted by atomic mass is 32.1. The van der Waals surface area contributed by atoms with Gasteiger partial charge in [-0.25, -0.2) is 4.79 Å². The van der Waals surface area contributed by atoms with Crippen LogP contribution in [0.4, 0.5) is 4.79 Å². The van der Waals surface area contributed by atoms with E-state index in [0.29, 0.717) is 0 Å². The molecule has 0 bridgehead atoms. The van der Waals surface area contributed by atoms with Crippen molar-refractivity contribution in [3.05, 3.63) is 22.4 Å². The van der Waals surface area contributed by atoms with E-state index < -0.39 is 0 Å². The van der Waals surface area contributed by atoms with Crippen molar-refractivity contribution in [2.24, 2.45) is 11.3 Å². The average Bonchev–Trinajstić information content (AvgIpc) is 2.83. The van der Waals surface area contributed by atoms with Crippen LogP contribution in [0, 0.1) is 11.3 Å². The minimum atomic E-state index is 0.0135. The number of hydrogen-bond acceptors (Lipinski definition) is 2. The van der Waals surface area contributed by atoms with E-state index in [2.05, 4.69) is 50.5 Å². The van der Waals surface area contributed by atoms with Crippen LogP contribution in [0.1, 0.15) is 57.9 Å². The molecule has 1 saturated heterocycles. The molecule has 1 fully saturated rings. The van der Waals surface area contributed by atoms with E-state index in [1.54, 1.807) is 11.3 Å². The second-order valence-corrected chi connectivity index (χ2v) is 8.27. The second-order valence-electron chi connectivity index (χ2n) is 7.29. The van der Waals surface area contributed by atoms with E-state index in [1.165, 1.54) is 11.3 Å². The molecule has 3 nitrogen and oxygen atoms in total. The van der Waals surface area contributed by atoms with Gasteiger partial charge in [0.1, 0.15) is 0 Å². The molecule has 2 atom stereocenters. The maximum Gasteiger partial charge on any atom is 0.317 e. The summed E-state index contributed by atoms with van der Waals surface area (Å²) in [4.78, 5) is 15.9. The maximum absolute atomic E-state index is 12.6. The third-order valence-corrected chi connectivity index (χ3v) is 5.20. The second kappa shape index (κ2) is 6.82. The molecule has 0 radical (unpaired) electrons. The van der Waals surface area contributed by atoms with E-state index in [1.807, 2.05) is 4.90 Å². The van der Waals surface area contributed by atoms with Gasteiger partial charge < -0.3 is 10.2 Å². The number of amides is 2. The Bertz CT molecular complexity index is 450. The van der Waals surface area contributed by atoms with Crippen LogP contribution in [0.3, 0.4) is 0 Å². The zero-order valence-corrected chi connectivity index (χ0v) is 14.5. The fourth-order valence-electron chi connectivity index (χ4n) is 2.85. The number of hydrogen-bond donors (Lipinski definition) is 1. The van der Waals surface area contributed by atoms with Crippen molar-refractivity contribution < 1.29 is 4.79 Å². The minimum absolute atomic E-state index is 0.0135. The summed E-state index contributed by atoms with van der Waals surface area (Å²) < 4.78 is 0. The van der Waals surface area contributed by atoms with Gasteiger partial charge in [0.2, 0.25) is 0 Å². The zero-order chi connectivity index (χ0) is 15.5. The fourth-order valence-corrected chi connectivity index (χ4v) is 3.87. The molecule has 0 unspecified atom stereocenters. The van der Waals surface area contributed by atoms with Gasteiger partial charge in [-0.1, -0.05) is 33.8 Å². The highest BCUT2D eigenvalue weighted by molar-refractivity contribution is 7.10. The number of rotatable bonds is 2. The smallest absolute Gasteiger partial charge is 0.317 e. The molecule has 2 amide bonds. The molecule has 118 valence electrons. The fraction of sp³-hybridized carbons (Fsp3) is 0.706. The lowest BCUT2D eigenvalue weighted by atomic mass is 9.86. The Kier molecular flexibility index (Phi) is 5.31. The van der Waals surface area contributed by atoms with Gasteiger partial charge >= 0.3 is 6.03 Å². The molecule has 0 aliphatic carbocycles. The molecule has 1 aliphatic rings. The monoisotopic (exact) mass is 308 g/mol. The van der Waals surface area contributed by atoms with Crippen LogP contribution in [0.25, 0.3) is 0 Å². The summed E-state index contributed by atoms with van der Waals surface area (Å²) in [7, 11) is 0. The standard InChI is InChI=1S/C17H28N2OS/c1-13-7-5-10-19(11-9-13)16(20)18-15(17(2,3)4)14-8-6-12-21-14/h6,8,12-13,15H,5,7,9-11H2,1-4H3,(H,18,20)/t13-,15+/m0/s1. The number of nitrogens with one attached hydrogen (secondary N) is 1. The first-order valence-electron chi connectivity index (χ1n) is 7.97. The van der Waals surface area contributed by atoms with Gasteiger partial charge in [-0.3, -0.25) is 0 Å². The number of carbonyl (C=O) groups is 1. The Balaban J connectivity index is 2.04. The van der Waals surface area contributed by atoms with Crippen molar-refractivity contribution in [2.75, 3.05) is 13.1 Å². The van der Waals surface area contributed by atoms with E-state index in [-0.39, 0.29) is 17.5 Å². The van der Waals surface area contributed by atoms with Crippen molar-refractivity contribution in [3.8, 4) is 0 Å².